The second-order valence-corrected chi connectivity index (χ2v) is 5.78. The number of anilines is 1. The molecule has 0 amide bonds. The van der Waals surface area contributed by atoms with Crippen LogP contribution in [-0.2, 0) is 0 Å². The minimum Gasteiger partial charge on any atom is -0.333 e. The SMILES string of the molecule is CC(C)(C)Nc1nc(-c2cc(F)ccc2Br)no1. The van der Waals surface area contributed by atoms with Crippen molar-refractivity contribution in [3.63, 3.8) is 0 Å². The quantitative estimate of drug-likeness (QED) is 0.915. The summed E-state index contributed by atoms with van der Waals surface area (Å²) in [5.41, 5.74) is 0.379. The highest BCUT2D eigenvalue weighted by atomic mass is 79.9. The van der Waals surface area contributed by atoms with Gasteiger partial charge < -0.3 is 9.84 Å². The molecule has 0 aliphatic rings. The molecule has 6 heteroatoms. The van der Waals surface area contributed by atoms with Gasteiger partial charge in [0.25, 0.3) is 0 Å². The number of benzene rings is 1. The molecular formula is C12H13BrFN3O. The number of aromatic nitrogens is 2. The van der Waals surface area contributed by atoms with E-state index < -0.39 is 0 Å². The molecule has 0 atom stereocenters. The number of hydrogen-bond donors (Lipinski definition) is 1. The van der Waals surface area contributed by atoms with Gasteiger partial charge >= 0.3 is 6.01 Å². The molecule has 1 aromatic carbocycles. The number of nitrogens with one attached hydrogen (secondary N) is 1. The topological polar surface area (TPSA) is 51.0 Å². The molecule has 0 unspecified atom stereocenters. The summed E-state index contributed by atoms with van der Waals surface area (Å²) in [7, 11) is 0. The molecule has 1 N–H and O–H groups in total. The van der Waals surface area contributed by atoms with Gasteiger partial charge in [0.1, 0.15) is 5.82 Å². The molecule has 0 fully saturated rings. The lowest BCUT2D eigenvalue weighted by Gasteiger charge is -2.17. The highest BCUT2D eigenvalue weighted by Gasteiger charge is 2.16. The zero-order chi connectivity index (χ0) is 13.3. The third-order valence-corrected chi connectivity index (χ3v) is 2.77. The van der Waals surface area contributed by atoms with Crippen molar-refractivity contribution in [1.82, 2.24) is 10.1 Å². The summed E-state index contributed by atoms with van der Waals surface area (Å²) in [6.45, 7) is 5.94. The first-order valence-corrected chi connectivity index (χ1v) is 6.22. The Hall–Kier alpha value is -1.43. The molecule has 0 saturated carbocycles. The molecule has 0 radical (unpaired) electrons. The van der Waals surface area contributed by atoms with Crippen LogP contribution in [0.4, 0.5) is 10.4 Å². The summed E-state index contributed by atoms with van der Waals surface area (Å²) in [6.07, 6.45) is 0. The van der Waals surface area contributed by atoms with E-state index in [2.05, 4.69) is 31.4 Å². The summed E-state index contributed by atoms with van der Waals surface area (Å²) in [6, 6.07) is 4.64. The Morgan fingerprint density at radius 2 is 2.06 bits per heavy atom. The van der Waals surface area contributed by atoms with Crippen LogP contribution >= 0.6 is 15.9 Å². The van der Waals surface area contributed by atoms with Gasteiger partial charge in [-0.1, -0.05) is 21.1 Å². The van der Waals surface area contributed by atoms with Crippen molar-refractivity contribution in [3.05, 3.63) is 28.5 Å². The van der Waals surface area contributed by atoms with Crippen LogP contribution in [0.3, 0.4) is 0 Å². The number of rotatable bonds is 2. The molecule has 2 rings (SSSR count). The van der Waals surface area contributed by atoms with E-state index in [0.29, 0.717) is 21.9 Å². The van der Waals surface area contributed by atoms with Gasteiger partial charge in [-0.25, -0.2) is 4.39 Å². The maximum atomic E-state index is 13.2. The van der Waals surface area contributed by atoms with Crippen LogP contribution in [0.1, 0.15) is 20.8 Å². The molecular weight excluding hydrogens is 301 g/mol. The fourth-order valence-electron chi connectivity index (χ4n) is 1.37. The Morgan fingerprint density at radius 3 is 2.72 bits per heavy atom. The number of nitrogens with zero attached hydrogens (tertiary/aromatic N) is 2. The lowest BCUT2D eigenvalue weighted by Crippen LogP contribution is -2.26. The Bertz CT molecular complexity index is 563. The van der Waals surface area contributed by atoms with E-state index in [0.717, 1.165) is 0 Å². The molecule has 18 heavy (non-hydrogen) atoms. The van der Waals surface area contributed by atoms with Crippen LogP contribution in [0.5, 0.6) is 0 Å². The van der Waals surface area contributed by atoms with Crippen LogP contribution in [0.25, 0.3) is 11.4 Å². The Morgan fingerprint density at radius 1 is 1.33 bits per heavy atom. The van der Waals surface area contributed by atoms with Gasteiger partial charge in [-0.2, -0.15) is 4.98 Å². The van der Waals surface area contributed by atoms with Crippen LogP contribution in [0, 0.1) is 5.82 Å². The summed E-state index contributed by atoms with van der Waals surface area (Å²) >= 11 is 3.33. The van der Waals surface area contributed by atoms with Crippen molar-refractivity contribution in [2.75, 3.05) is 5.32 Å². The maximum absolute atomic E-state index is 13.2. The first-order chi connectivity index (χ1) is 8.35. The normalized spacial score (nSPS) is 11.6. The van der Waals surface area contributed by atoms with Crippen molar-refractivity contribution < 1.29 is 8.91 Å². The van der Waals surface area contributed by atoms with Crippen LogP contribution in [-0.4, -0.2) is 15.7 Å². The molecule has 0 aliphatic heterocycles. The van der Waals surface area contributed by atoms with Gasteiger partial charge in [-0.05, 0) is 39.0 Å². The lowest BCUT2D eigenvalue weighted by molar-refractivity contribution is 0.420. The smallest absolute Gasteiger partial charge is 0.322 e. The second-order valence-electron chi connectivity index (χ2n) is 4.92. The molecule has 1 heterocycles. The van der Waals surface area contributed by atoms with E-state index in [4.69, 9.17) is 4.52 Å². The van der Waals surface area contributed by atoms with E-state index >= 15 is 0 Å². The predicted molar refractivity (Wildman–Crippen MR) is 70.8 cm³/mol. The molecule has 96 valence electrons. The van der Waals surface area contributed by atoms with Crippen molar-refractivity contribution >= 4 is 21.9 Å². The van der Waals surface area contributed by atoms with E-state index in [1.807, 2.05) is 20.8 Å². The molecule has 0 spiro atoms. The second kappa shape index (κ2) is 4.68. The van der Waals surface area contributed by atoms with Gasteiger partial charge in [-0.3, -0.25) is 0 Å². The highest BCUT2D eigenvalue weighted by Crippen LogP contribution is 2.27. The van der Waals surface area contributed by atoms with E-state index in [1.54, 1.807) is 6.07 Å². The van der Waals surface area contributed by atoms with Gasteiger partial charge in [0, 0.05) is 15.6 Å². The summed E-state index contributed by atoms with van der Waals surface area (Å²) in [5.74, 6) is -0.00328. The molecule has 0 aliphatic carbocycles. The largest absolute Gasteiger partial charge is 0.333 e. The van der Waals surface area contributed by atoms with Crippen LogP contribution in [0.15, 0.2) is 27.2 Å². The molecule has 2 aromatic rings. The zero-order valence-corrected chi connectivity index (χ0v) is 11.9. The summed E-state index contributed by atoms with van der Waals surface area (Å²) < 4.78 is 19.0. The Balaban J connectivity index is 2.32. The first kappa shape index (κ1) is 13.0. The monoisotopic (exact) mass is 313 g/mol. The van der Waals surface area contributed by atoms with Gasteiger partial charge in [0.15, 0.2) is 0 Å². The minimum absolute atomic E-state index is 0.178. The molecule has 0 bridgehead atoms. The fourth-order valence-corrected chi connectivity index (χ4v) is 1.80. The molecule has 1 aromatic heterocycles. The van der Waals surface area contributed by atoms with Gasteiger partial charge in [0.05, 0.1) is 0 Å². The zero-order valence-electron chi connectivity index (χ0n) is 10.3. The number of halogens is 2. The fraction of sp³-hybridized carbons (Fsp3) is 0.333. The van der Waals surface area contributed by atoms with Crippen LogP contribution in [0.2, 0.25) is 0 Å². The van der Waals surface area contributed by atoms with Crippen molar-refractivity contribution in [2.45, 2.75) is 26.3 Å². The third-order valence-electron chi connectivity index (χ3n) is 2.08. The Labute approximate surface area is 113 Å². The minimum atomic E-state index is -0.344. The standard InChI is InChI=1S/C12H13BrFN3O/c1-12(2,3)16-11-15-10(17-18-11)8-6-7(14)4-5-9(8)13/h4-6H,1-3H3,(H,15,16,17). The average molecular weight is 314 g/mol. The van der Waals surface area contributed by atoms with Crippen LogP contribution < -0.4 is 5.32 Å². The van der Waals surface area contributed by atoms with Crippen molar-refractivity contribution in [2.24, 2.45) is 0 Å². The first-order valence-electron chi connectivity index (χ1n) is 5.42. The summed E-state index contributed by atoms with van der Waals surface area (Å²) in [5, 5.41) is 6.88. The molecule has 0 saturated heterocycles. The Kier molecular flexibility index (Phi) is 3.38. The predicted octanol–water partition coefficient (Wildman–Crippen LogP) is 3.85. The average Bonchev–Trinajstić information content (AvgIpc) is 2.67. The molecule has 4 nitrogen and oxygen atoms in total. The van der Waals surface area contributed by atoms with Gasteiger partial charge in [0.2, 0.25) is 5.82 Å². The van der Waals surface area contributed by atoms with E-state index in [9.17, 15) is 4.39 Å². The van der Waals surface area contributed by atoms with Crippen molar-refractivity contribution in [3.8, 4) is 11.4 Å². The lowest BCUT2D eigenvalue weighted by atomic mass is 10.1. The highest BCUT2D eigenvalue weighted by molar-refractivity contribution is 9.10. The van der Waals surface area contributed by atoms with E-state index in [1.165, 1.54) is 12.1 Å². The number of hydrogen-bond acceptors (Lipinski definition) is 4. The van der Waals surface area contributed by atoms with E-state index in [-0.39, 0.29) is 11.4 Å². The third kappa shape index (κ3) is 3.07. The maximum Gasteiger partial charge on any atom is 0.322 e. The summed E-state index contributed by atoms with van der Waals surface area (Å²) in [4.78, 5) is 4.18. The van der Waals surface area contributed by atoms with Gasteiger partial charge in [-0.15, -0.1) is 0 Å². The van der Waals surface area contributed by atoms with Crippen molar-refractivity contribution in [1.29, 1.82) is 0 Å².